The SMILES string of the molecule is OC1(CNc2cc(Cl)ncn2)CCCC1. The lowest BCUT2D eigenvalue weighted by molar-refractivity contribution is 0.0614. The van der Waals surface area contributed by atoms with Crippen LogP contribution in [0.2, 0.25) is 5.15 Å². The van der Waals surface area contributed by atoms with E-state index in [1.807, 2.05) is 0 Å². The normalized spacial score (nSPS) is 19.1. The Morgan fingerprint density at radius 1 is 1.40 bits per heavy atom. The van der Waals surface area contributed by atoms with Crippen molar-refractivity contribution in [3.8, 4) is 0 Å². The molecule has 1 aliphatic rings. The molecule has 1 aromatic rings. The molecule has 82 valence electrons. The van der Waals surface area contributed by atoms with Crippen LogP contribution in [-0.4, -0.2) is 27.2 Å². The van der Waals surface area contributed by atoms with Crippen molar-refractivity contribution >= 4 is 17.4 Å². The maximum atomic E-state index is 10.1. The summed E-state index contributed by atoms with van der Waals surface area (Å²) >= 11 is 5.72. The van der Waals surface area contributed by atoms with Gasteiger partial charge in [0.25, 0.3) is 0 Å². The third-order valence-corrected chi connectivity index (χ3v) is 2.97. The molecule has 1 fully saturated rings. The summed E-state index contributed by atoms with van der Waals surface area (Å²) in [6.07, 6.45) is 5.33. The van der Waals surface area contributed by atoms with Crippen molar-refractivity contribution in [3.63, 3.8) is 0 Å². The van der Waals surface area contributed by atoms with Crippen LogP contribution in [0.4, 0.5) is 5.82 Å². The van der Waals surface area contributed by atoms with E-state index in [9.17, 15) is 5.11 Å². The third kappa shape index (κ3) is 2.79. The molecule has 0 amide bonds. The van der Waals surface area contributed by atoms with Crippen LogP contribution >= 0.6 is 11.6 Å². The summed E-state index contributed by atoms with van der Waals surface area (Å²) in [6.45, 7) is 0.528. The smallest absolute Gasteiger partial charge is 0.134 e. The topological polar surface area (TPSA) is 58.0 Å². The monoisotopic (exact) mass is 227 g/mol. The van der Waals surface area contributed by atoms with Crippen molar-refractivity contribution in [3.05, 3.63) is 17.5 Å². The van der Waals surface area contributed by atoms with Crippen molar-refractivity contribution in [1.29, 1.82) is 0 Å². The average molecular weight is 228 g/mol. The second-order valence-corrected chi connectivity index (χ2v) is 4.40. The van der Waals surface area contributed by atoms with Crippen LogP contribution in [-0.2, 0) is 0 Å². The molecule has 0 aromatic carbocycles. The second-order valence-electron chi connectivity index (χ2n) is 4.01. The van der Waals surface area contributed by atoms with E-state index in [-0.39, 0.29) is 0 Å². The molecule has 1 aliphatic carbocycles. The van der Waals surface area contributed by atoms with Crippen LogP contribution in [0.3, 0.4) is 0 Å². The molecule has 0 saturated heterocycles. The number of hydrogen-bond donors (Lipinski definition) is 2. The largest absolute Gasteiger partial charge is 0.388 e. The Balaban J connectivity index is 1.92. The number of hydrogen-bond acceptors (Lipinski definition) is 4. The lowest BCUT2D eigenvalue weighted by Gasteiger charge is -2.22. The summed E-state index contributed by atoms with van der Waals surface area (Å²) in [5.74, 6) is 0.662. The van der Waals surface area contributed by atoms with Crippen LogP contribution < -0.4 is 5.32 Å². The zero-order chi connectivity index (χ0) is 10.7. The molecule has 0 spiro atoms. The van der Waals surface area contributed by atoms with Gasteiger partial charge in [0, 0.05) is 12.6 Å². The van der Waals surface area contributed by atoms with Crippen LogP contribution in [0.25, 0.3) is 0 Å². The lowest BCUT2D eigenvalue weighted by Crippen LogP contribution is -2.33. The molecule has 1 saturated carbocycles. The minimum atomic E-state index is -0.572. The van der Waals surface area contributed by atoms with E-state index >= 15 is 0 Å². The van der Waals surface area contributed by atoms with Gasteiger partial charge in [-0.1, -0.05) is 24.4 Å². The summed E-state index contributed by atoms with van der Waals surface area (Å²) in [5.41, 5.74) is -0.572. The quantitative estimate of drug-likeness (QED) is 0.774. The van der Waals surface area contributed by atoms with Gasteiger partial charge in [-0.15, -0.1) is 0 Å². The molecule has 15 heavy (non-hydrogen) atoms. The number of anilines is 1. The van der Waals surface area contributed by atoms with Crippen molar-refractivity contribution in [2.75, 3.05) is 11.9 Å². The van der Waals surface area contributed by atoms with Crippen LogP contribution in [0.15, 0.2) is 12.4 Å². The van der Waals surface area contributed by atoms with Crippen molar-refractivity contribution in [1.82, 2.24) is 9.97 Å². The molecule has 0 aliphatic heterocycles. The Morgan fingerprint density at radius 3 is 2.80 bits per heavy atom. The van der Waals surface area contributed by atoms with E-state index in [0.717, 1.165) is 25.7 Å². The zero-order valence-electron chi connectivity index (χ0n) is 8.41. The minimum absolute atomic E-state index is 0.408. The van der Waals surface area contributed by atoms with Crippen LogP contribution in [0.5, 0.6) is 0 Å². The van der Waals surface area contributed by atoms with Gasteiger partial charge >= 0.3 is 0 Å². The van der Waals surface area contributed by atoms with Gasteiger partial charge in [-0.3, -0.25) is 0 Å². The molecule has 0 bridgehead atoms. The molecule has 1 aromatic heterocycles. The first-order valence-electron chi connectivity index (χ1n) is 5.12. The number of halogens is 1. The summed E-state index contributed by atoms with van der Waals surface area (Å²) < 4.78 is 0. The Bertz CT molecular complexity index is 339. The maximum Gasteiger partial charge on any atom is 0.134 e. The fourth-order valence-corrected chi connectivity index (χ4v) is 2.04. The highest BCUT2D eigenvalue weighted by molar-refractivity contribution is 6.29. The lowest BCUT2D eigenvalue weighted by atomic mass is 10.0. The molecule has 2 rings (SSSR count). The Hall–Kier alpha value is -0.870. The van der Waals surface area contributed by atoms with Gasteiger partial charge in [0.1, 0.15) is 17.3 Å². The standard InChI is InChI=1S/C10H14ClN3O/c11-8-5-9(14-7-13-8)12-6-10(15)3-1-2-4-10/h5,7,15H,1-4,6H2,(H,12,13,14). The van der Waals surface area contributed by atoms with Crippen LogP contribution in [0.1, 0.15) is 25.7 Å². The molecule has 2 N–H and O–H groups in total. The number of nitrogens with zero attached hydrogens (tertiary/aromatic N) is 2. The Morgan fingerprint density at radius 2 is 2.13 bits per heavy atom. The Labute approximate surface area is 93.7 Å². The predicted molar refractivity (Wildman–Crippen MR) is 58.9 cm³/mol. The fourth-order valence-electron chi connectivity index (χ4n) is 1.90. The van der Waals surface area contributed by atoms with Crippen molar-refractivity contribution in [2.24, 2.45) is 0 Å². The van der Waals surface area contributed by atoms with Crippen molar-refractivity contribution < 1.29 is 5.11 Å². The molecular formula is C10H14ClN3O. The molecule has 4 nitrogen and oxygen atoms in total. The predicted octanol–water partition coefficient (Wildman–Crippen LogP) is 1.85. The average Bonchev–Trinajstić information content (AvgIpc) is 2.63. The first-order chi connectivity index (χ1) is 7.18. The minimum Gasteiger partial charge on any atom is -0.388 e. The van der Waals surface area contributed by atoms with Gasteiger partial charge in [0.2, 0.25) is 0 Å². The van der Waals surface area contributed by atoms with Gasteiger partial charge in [-0.05, 0) is 12.8 Å². The summed E-state index contributed by atoms with van der Waals surface area (Å²) in [5, 5.41) is 13.6. The van der Waals surface area contributed by atoms with E-state index in [1.54, 1.807) is 6.07 Å². The van der Waals surface area contributed by atoms with E-state index < -0.39 is 5.60 Å². The number of nitrogens with one attached hydrogen (secondary N) is 1. The maximum absolute atomic E-state index is 10.1. The molecule has 5 heteroatoms. The van der Waals surface area contributed by atoms with Gasteiger partial charge in [-0.25, -0.2) is 9.97 Å². The number of rotatable bonds is 3. The van der Waals surface area contributed by atoms with E-state index in [1.165, 1.54) is 6.33 Å². The van der Waals surface area contributed by atoms with Gasteiger partial charge in [-0.2, -0.15) is 0 Å². The molecule has 0 unspecified atom stereocenters. The molecular weight excluding hydrogens is 214 g/mol. The zero-order valence-corrected chi connectivity index (χ0v) is 9.17. The van der Waals surface area contributed by atoms with Crippen LogP contribution in [0, 0.1) is 0 Å². The molecule has 1 heterocycles. The summed E-state index contributed by atoms with van der Waals surface area (Å²) in [6, 6.07) is 1.65. The highest BCUT2D eigenvalue weighted by Crippen LogP contribution is 2.29. The number of aliphatic hydroxyl groups is 1. The highest BCUT2D eigenvalue weighted by atomic mass is 35.5. The summed E-state index contributed by atoms with van der Waals surface area (Å²) in [4.78, 5) is 7.80. The number of aromatic nitrogens is 2. The third-order valence-electron chi connectivity index (χ3n) is 2.77. The first-order valence-corrected chi connectivity index (χ1v) is 5.50. The fraction of sp³-hybridized carbons (Fsp3) is 0.600. The van der Waals surface area contributed by atoms with Gasteiger partial charge < -0.3 is 10.4 Å². The van der Waals surface area contributed by atoms with Gasteiger partial charge in [0.05, 0.1) is 5.60 Å². The second kappa shape index (κ2) is 4.33. The van der Waals surface area contributed by atoms with Gasteiger partial charge in [0.15, 0.2) is 0 Å². The first kappa shape index (κ1) is 10.6. The summed E-state index contributed by atoms with van der Waals surface area (Å²) in [7, 11) is 0. The van der Waals surface area contributed by atoms with Crippen molar-refractivity contribution in [2.45, 2.75) is 31.3 Å². The van der Waals surface area contributed by atoms with E-state index in [0.29, 0.717) is 17.5 Å². The highest BCUT2D eigenvalue weighted by Gasteiger charge is 2.30. The van der Waals surface area contributed by atoms with E-state index in [4.69, 9.17) is 11.6 Å². The molecule has 0 atom stereocenters. The molecule has 0 radical (unpaired) electrons. The Kier molecular flexibility index (Phi) is 3.07. The van der Waals surface area contributed by atoms with E-state index in [2.05, 4.69) is 15.3 Å².